The number of hydrogen-bond acceptors (Lipinski definition) is 3. The quantitative estimate of drug-likeness (QED) is 0.778. The van der Waals surface area contributed by atoms with Gasteiger partial charge < -0.3 is 10.5 Å². The molecule has 0 aliphatic carbocycles. The molecule has 0 aromatic carbocycles. The van der Waals surface area contributed by atoms with Crippen LogP contribution in [0.25, 0.3) is 0 Å². The molecular weight excluding hydrogens is 210 g/mol. The molecule has 1 aliphatic heterocycles. The van der Waals surface area contributed by atoms with Crippen molar-refractivity contribution in [2.45, 2.75) is 45.0 Å². The van der Waals surface area contributed by atoms with Crippen molar-refractivity contribution in [1.29, 1.82) is 0 Å². The van der Waals surface area contributed by atoms with E-state index >= 15 is 0 Å². The van der Waals surface area contributed by atoms with Gasteiger partial charge in [0.1, 0.15) is 0 Å². The van der Waals surface area contributed by atoms with Crippen LogP contribution in [-0.4, -0.2) is 34.5 Å². The highest BCUT2D eigenvalue weighted by Gasteiger charge is 2.30. The second-order valence-electron chi connectivity index (χ2n) is 5.11. The lowest BCUT2D eigenvalue weighted by molar-refractivity contribution is 0.127. The van der Waals surface area contributed by atoms with E-state index in [-0.39, 0.29) is 16.8 Å². The SMILES string of the molecule is CC1OCCC1S(=O)CCC(C)(C)CN. The van der Waals surface area contributed by atoms with Crippen molar-refractivity contribution in [3.63, 3.8) is 0 Å². The van der Waals surface area contributed by atoms with Crippen LogP contribution in [0.3, 0.4) is 0 Å². The first-order valence-electron chi connectivity index (χ1n) is 5.65. The summed E-state index contributed by atoms with van der Waals surface area (Å²) in [7, 11) is -0.754. The third-order valence-electron chi connectivity index (χ3n) is 3.18. The van der Waals surface area contributed by atoms with Gasteiger partial charge in [0.2, 0.25) is 0 Å². The van der Waals surface area contributed by atoms with Crippen LogP contribution in [0.4, 0.5) is 0 Å². The predicted octanol–water partition coefficient (Wildman–Crippen LogP) is 1.29. The lowest BCUT2D eigenvalue weighted by atomic mass is 9.91. The Kier molecular flexibility index (Phi) is 4.74. The fourth-order valence-electron chi connectivity index (χ4n) is 1.69. The van der Waals surface area contributed by atoms with Crippen molar-refractivity contribution in [3.8, 4) is 0 Å². The van der Waals surface area contributed by atoms with Gasteiger partial charge >= 0.3 is 0 Å². The predicted molar refractivity (Wildman–Crippen MR) is 64.3 cm³/mol. The molecule has 1 heterocycles. The largest absolute Gasteiger partial charge is 0.377 e. The minimum absolute atomic E-state index is 0.109. The monoisotopic (exact) mass is 233 g/mol. The number of hydrogen-bond donors (Lipinski definition) is 1. The normalized spacial score (nSPS) is 29.3. The van der Waals surface area contributed by atoms with Gasteiger partial charge in [0.05, 0.1) is 11.4 Å². The van der Waals surface area contributed by atoms with E-state index in [2.05, 4.69) is 13.8 Å². The molecule has 0 aromatic heterocycles. The minimum Gasteiger partial charge on any atom is -0.377 e. The Balaban J connectivity index is 2.36. The van der Waals surface area contributed by atoms with Gasteiger partial charge in [-0.15, -0.1) is 0 Å². The van der Waals surface area contributed by atoms with Gasteiger partial charge in [-0.2, -0.15) is 0 Å². The Morgan fingerprint density at radius 2 is 2.20 bits per heavy atom. The molecule has 90 valence electrons. The molecule has 3 unspecified atom stereocenters. The summed E-state index contributed by atoms with van der Waals surface area (Å²) >= 11 is 0. The van der Waals surface area contributed by atoms with Gasteiger partial charge in [0, 0.05) is 23.2 Å². The number of ether oxygens (including phenoxy) is 1. The summed E-state index contributed by atoms with van der Waals surface area (Å²) in [6.45, 7) is 7.68. The summed E-state index contributed by atoms with van der Waals surface area (Å²) in [4.78, 5) is 0. The van der Waals surface area contributed by atoms with E-state index in [9.17, 15) is 4.21 Å². The van der Waals surface area contributed by atoms with Crippen molar-refractivity contribution < 1.29 is 8.95 Å². The van der Waals surface area contributed by atoms with Gasteiger partial charge in [-0.25, -0.2) is 0 Å². The molecule has 2 N–H and O–H groups in total. The van der Waals surface area contributed by atoms with Gasteiger partial charge in [0.25, 0.3) is 0 Å². The highest BCUT2D eigenvalue weighted by molar-refractivity contribution is 7.85. The molecule has 0 spiro atoms. The standard InChI is InChI=1S/C11H23NO2S/c1-9-10(4-6-14-9)15(13)7-5-11(2,3)8-12/h9-10H,4-8,12H2,1-3H3. The molecule has 3 nitrogen and oxygen atoms in total. The molecule has 0 aromatic rings. The van der Waals surface area contributed by atoms with E-state index in [0.717, 1.165) is 25.2 Å². The summed E-state index contributed by atoms with van der Waals surface area (Å²) < 4.78 is 17.4. The molecule has 3 atom stereocenters. The van der Waals surface area contributed by atoms with E-state index in [1.54, 1.807) is 0 Å². The molecule has 4 heteroatoms. The fraction of sp³-hybridized carbons (Fsp3) is 1.00. The zero-order valence-corrected chi connectivity index (χ0v) is 10.8. The molecule has 0 amide bonds. The minimum atomic E-state index is -0.754. The molecule has 1 saturated heterocycles. The van der Waals surface area contributed by atoms with Crippen molar-refractivity contribution in [3.05, 3.63) is 0 Å². The summed E-state index contributed by atoms with van der Waals surface area (Å²) in [5.41, 5.74) is 5.76. The fourth-order valence-corrected chi connectivity index (χ4v) is 3.61. The average Bonchev–Trinajstić information content (AvgIpc) is 2.61. The van der Waals surface area contributed by atoms with Crippen molar-refractivity contribution in [2.75, 3.05) is 18.9 Å². The smallest absolute Gasteiger partial charge is 0.0691 e. The Labute approximate surface area is 95.2 Å². The van der Waals surface area contributed by atoms with Gasteiger partial charge in [-0.1, -0.05) is 13.8 Å². The van der Waals surface area contributed by atoms with Crippen LogP contribution in [0, 0.1) is 5.41 Å². The zero-order valence-electron chi connectivity index (χ0n) is 9.99. The van der Waals surface area contributed by atoms with Crippen molar-refractivity contribution in [1.82, 2.24) is 0 Å². The lowest BCUT2D eigenvalue weighted by Crippen LogP contribution is -2.29. The van der Waals surface area contributed by atoms with Crippen LogP contribution in [0.15, 0.2) is 0 Å². The van der Waals surface area contributed by atoms with Crippen LogP contribution in [0.5, 0.6) is 0 Å². The van der Waals surface area contributed by atoms with Crippen LogP contribution >= 0.6 is 0 Å². The first kappa shape index (κ1) is 13.1. The lowest BCUT2D eigenvalue weighted by Gasteiger charge is -2.23. The van der Waals surface area contributed by atoms with Crippen LogP contribution in [-0.2, 0) is 15.5 Å². The van der Waals surface area contributed by atoms with E-state index in [0.29, 0.717) is 6.54 Å². The number of nitrogens with two attached hydrogens (primary N) is 1. The second kappa shape index (κ2) is 5.41. The summed E-state index contributed by atoms with van der Waals surface area (Å²) in [5.74, 6) is 0.753. The maximum atomic E-state index is 12.0. The molecule has 1 fully saturated rings. The van der Waals surface area contributed by atoms with Gasteiger partial charge in [0.15, 0.2) is 0 Å². The van der Waals surface area contributed by atoms with Crippen molar-refractivity contribution >= 4 is 10.8 Å². The first-order chi connectivity index (χ1) is 6.96. The Morgan fingerprint density at radius 3 is 2.67 bits per heavy atom. The van der Waals surface area contributed by atoms with E-state index < -0.39 is 10.8 Å². The second-order valence-corrected chi connectivity index (χ2v) is 6.88. The third kappa shape index (κ3) is 3.85. The summed E-state index contributed by atoms with van der Waals surface area (Å²) in [5, 5.41) is 0.235. The van der Waals surface area contributed by atoms with Crippen LogP contribution in [0.2, 0.25) is 0 Å². The molecule has 0 radical (unpaired) electrons. The van der Waals surface area contributed by atoms with Gasteiger partial charge in [-0.3, -0.25) is 4.21 Å². The number of rotatable bonds is 5. The molecule has 1 rings (SSSR count). The topological polar surface area (TPSA) is 52.3 Å². The van der Waals surface area contributed by atoms with E-state index in [4.69, 9.17) is 10.5 Å². The highest BCUT2D eigenvalue weighted by atomic mass is 32.2. The Hall–Kier alpha value is 0.0700. The maximum absolute atomic E-state index is 12.0. The van der Waals surface area contributed by atoms with Crippen LogP contribution < -0.4 is 5.73 Å². The van der Waals surface area contributed by atoms with E-state index in [1.807, 2.05) is 6.92 Å². The van der Waals surface area contributed by atoms with Crippen molar-refractivity contribution in [2.24, 2.45) is 11.1 Å². The molecule has 15 heavy (non-hydrogen) atoms. The van der Waals surface area contributed by atoms with Gasteiger partial charge in [-0.05, 0) is 31.7 Å². The molecule has 1 aliphatic rings. The highest BCUT2D eigenvalue weighted by Crippen LogP contribution is 2.23. The maximum Gasteiger partial charge on any atom is 0.0691 e. The molecule has 0 saturated carbocycles. The molecule has 0 bridgehead atoms. The Morgan fingerprint density at radius 1 is 1.53 bits per heavy atom. The first-order valence-corrected chi connectivity index (χ1v) is 7.03. The zero-order chi connectivity index (χ0) is 11.5. The van der Waals surface area contributed by atoms with E-state index in [1.165, 1.54) is 0 Å². The summed E-state index contributed by atoms with van der Waals surface area (Å²) in [6, 6.07) is 0. The Bertz CT molecular complexity index is 231. The average molecular weight is 233 g/mol. The summed E-state index contributed by atoms with van der Waals surface area (Å²) in [6.07, 6.45) is 2.03. The van der Waals surface area contributed by atoms with Crippen LogP contribution in [0.1, 0.15) is 33.6 Å². The third-order valence-corrected chi connectivity index (χ3v) is 5.08. The molecular formula is C11H23NO2S.